The van der Waals surface area contributed by atoms with Gasteiger partial charge < -0.3 is 14.8 Å². The van der Waals surface area contributed by atoms with Crippen LogP contribution in [0.2, 0.25) is 0 Å². The number of nitrogens with one attached hydrogen (secondary N) is 1. The van der Waals surface area contributed by atoms with Crippen molar-refractivity contribution in [3.05, 3.63) is 95.1 Å². The number of aryl methyl sites for hydroxylation is 1. The zero-order chi connectivity index (χ0) is 18.2. The van der Waals surface area contributed by atoms with Gasteiger partial charge in [0.25, 0.3) is 0 Å². The summed E-state index contributed by atoms with van der Waals surface area (Å²) in [6.07, 6.45) is 0. The minimum atomic E-state index is 0.588. The molecule has 0 saturated heterocycles. The van der Waals surface area contributed by atoms with Crippen molar-refractivity contribution in [2.24, 2.45) is 0 Å². The Balaban J connectivity index is 1.50. The molecule has 0 aliphatic heterocycles. The number of rotatable bonds is 8. The molecule has 0 atom stereocenters. The minimum absolute atomic E-state index is 0.588. The first-order valence-electron chi connectivity index (χ1n) is 8.84. The molecule has 0 bridgehead atoms. The second-order valence-electron chi connectivity index (χ2n) is 6.38. The van der Waals surface area contributed by atoms with Crippen LogP contribution in [0.1, 0.15) is 22.3 Å². The maximum absolute atomic E-state index is 5.94. The fourth-order valence-electron chi connectivity index (χ4n) is 2.81. The van der Waals surface area contributed by atoms with Crippen LogP contribution in [0.5, 0.6) is 11.5 Å². The molecule has 0 aromatic heterocycles. The summed E-state index contributed by atoms with van der Waals surface area (Å²) in [7, 11) is 1.68. The highest BCUT2D eigenvalue weighted by Gasteiger charge is 2.00. The molecule has 3 heteroatoms. The quantitative estimate of drug-likeness (QED) is 0.630. The van der Waals surface area contributed by atoms with E-state index < -0.39 is 0 Å². The van der Waals surface area contributed by atoms with E-state index in [1.807, 2.05) is 24.3 Å². The van der Waals surface area contributed by atoms with Crippen molar-refractivity contribution >= 4 is 0 Å². The summed E-state index contributed by atoms with van der Waals surface area (Å²) in [5, 5.41) is 3.47. The third-order valence-electron chi connectivity index (χ3n) is 4.20. The summed E-state index contributed by atoms with van der Waals surface area (Å²) in [4.78, 5) is 0. The summed E-state index contributed by atoms with van der Waals surface area (Å²) in [5.74, 6) is 1.78. The van der Waals surface area contributed by atoms with Crippen molar-refractivity contribution in [3.63, 3.8) is 0 Å². The third-order valence-corrected chi connectivity index (χ3v) is 4.20. The lowest BCUT2D eigenvalue weighted by atomic mass is 10.1. The van der Waals surface area contributed by atoms with Crippen molar-refractivity contribution in [2.45, 2.75) is 26.6 Å². The van der Waals surface area contributed by atoms with Gasteiger partial charge in [0, 0.05) is 13.1 Å². The van der Waals surface area contributed by atoms with Gasteiger partial charge in [-0.25, -0.2) is 0 Å². The van der Waals surface area contributed by atoms with E-state index in [-0.39, 0.29) is 0 Å². The van der Waals surface area contributed by atoms with Gasteiger partial charge >= 0.3 is 0 Å². The Morgan fingerprint density at radius 1 is 0.731 bits per heavy atom. The summed E-state index contributed by atoms with van der Waals surface area (Å²) >= 11 is 0. The van der Waals surface area contributed by atoms with Crippen LogP contribution >= 0.6 is 0 Å². The molecule has 0 amide bonds. The van der Waals surface area contributed by atoms with Crippen LogP contribution in [0.15, 0.2) is 72.8 Å². The summed E-state index contributed by atoms with van der Waals surface area (Å²) in [5.41, 5.74) is 4.88. The molecule has 134 valence electrons. The van der Waals surface area contributed by atoms with Crippen LogP contribution in [-0.2, 0) is 19.7 Å². The Kier molecular flexibility index (Phi) is 6.29. The average molecular weight is 347 g/mol. The second kappa shape index (κ2) is 9.07. The van der Waals surface area contributed by atoms with E-state index in [1.165, 1.54) is 22.3 Å². The first-order chi connectivity index (χ1) is 12.7. The van der Waals surface area contributed by atoms with Gasteiger partial charge in [-0.2, -0.15) is 0 Å². The highest BCUT2D eigenvalue weighted by molar-refractivity contribution is 5.30. The monoisotopic (exact) mass is 347 g/mol. The van der Waals surface area contributed by atoms with Crippen LogP contribution in [0, 0.1) is 6.92 Å². The molecule has 26 heavy (non-hydrogen) atoms. The molecule has 0 spiro atoms. The highest BCUT2D eigenvalue weighted by atomic mass is 16.5. The summed E-state index contributed by atoms with van der Waals surface area (Å²) < 4.78 is 11.1. The number of methoxy groups -OCH3 is 1. The molecule has 3 aromatic carbocycles. The van der Waals surface area contributed by atoms with E-state index in [2.05, 4.69) is 60.8 Å². The van der Waals surface area contributed by atoms with E-state index in [0.29, 0.717) is 6.61 Å². The van der Waals surface area contributed by atoms with E-state index in [4.69, 9.17) is 9.47 Å². The SMILES string of the molecule is COc1ccc(CNCc2cccc(OCc3cccc(C)c3)c2)cc1. The smallest absolute Gasteiger partial charge is 0.120 e. The standard InChI is InChI=1S/C23H25NO2/c1-18-5-3-7-21(13-18)17-26-23-8-4-6-20(14-23)16-24-15-19-9-11-22(25-2)12-10-19/h3-14,24H,15-17H2,1-2H3. The Morgan fingerprint density at radius 3 is 2.23 bits per heavy atom. The van der Waals surface area contributed by atoms with Crippen LogP contribution in [0.4, 0.5) is 0 Å². The molecular weight excluding hydrogens is 322 g/mol. The highest BCUT2D eigenvalue weighted by Crippen LogP contribution is 2.16. The van der Waals surface area contributed by atoms with Crippen LogP contribution < -0.4 is 14.8 Å². The molecular formula is C23H25NO2. The molecule has 0 aliphatic carbocycles. The maximum atomic E-state index is 5.94. The fourth-order valence-corrected chi connectivity index (χ4v) is 2.81. The van der Waals surface area contributed by atoms with Gasteiger partial charge in [-0.15, -0.1) is 0 Å². The molecule has 0 radical (unpaired) electrons. The predicted molar refractivity (Wildman–Crippen MR) is 105 cm³/mol. The molecule has 0 fully saturated rings. The molecule has 3 aromatic rings. The largest absolute Gasteiger partial charge is 0.497 e. The maximum Gasteiger partial charge on any atom is 0.120 e. The Labute approximate surface area is 155 Å². The molecule has 3 rings (SSSR count). The van der Waals surface area contributed by atoms with E-state index in [9.17, 15) is 0 Å². The summed E-state index contributed by atoms with van der Waals surface area (Å²) in [6, 6.07) is 24.8. The van der Waals surface area contributed by atoms with Crippen molar-refractivity contribution in [3.8, 4) is 11.5 Å². The normalized spacial score (nSPS) is 10.5. The number of hydrogen-bond acceptors (Lipinski definition) is 3. The minimum Gasteiger partial charge on any atom is -0.497 e. The molecule has 0 heterocycles. The van der Waals surface area contributed by atoms with Gasteiger partial charge in [-0.3, -0.25) is 0 Å². The third kappa shape index (κ3) is 5.36. The van der Waals surface area contributed by atoms with Gasteiger partial charge in [0.1, 0.15) is 18.1 Å². The number of benzene rings is 3. The number of hydrogen-bond donors (Lipinski definition) is 1. The average Bonchev–Trinajstić information content (AvgIpc) is 2.67. The zero-order valence-corrected chi connectivity index (χ0v) is 15.4. The topological polar surface area (TPSA) is 30.5 Å². The lowest BCUT2D eigenvalue weighted by Gasteiger charge is -2.10. The van der Waals surface area contributed by atoms with Gasteiger partial charge in [0.05, 0.1) is 7.11 Å². The van der Waals surface area contributed by atoms with E-state index in [1.54, 1.807) is 7.11 Å². The molecule has 3 nitrogen and oxygen atoms in total. The second-order valence-corrected chi connectivity index (χ2v) is 6.38. The fraction of sp³-hybridized carbons (Fsp3) is 0.217. The lowest BCUT2D eigenvalue weighted by Crippen LogP contribution is -2.12. The van der Waals surface area contributed by atoms with Crippen molar-refractivity contribution < 1.29 is 9.47 Å². The van der Waals surface area contributed by atoms with E-state index in [0.717, 1.165) is 24.6 Å². The predicted octanol–water partition coefficient (Wildman–Crippen LogP) is 4.87. The lowest BCUT2D eigenvalue weighted by molar-refractivity contribution is 0.306. The van der Waals surface area contributed by atoms with Gasteiger partial charge in [-0.1, -0.05) is 54.1 Å². The molecule has 1 N–H and O–H groups in total. The van der Waals surface area contributed by atoms with Crippen molar-refractivity contribution in [1.82, 2.24) is 5.32 Å². The Hall–Kier alpha value is -2.78. The van der Waals surface area contributed by atoms with Gasteiger partial charge in [0.15, 0.2) is 0 Å². The zero-order valence-electron chi connectivity index (χ0n) is 15.4. The number of ether oxygens (including phenoxy) is 2. The van der Waals surface area contributed by atoms with E-state index >= 15 is 0 Å². The Morgan fingerprint density at radius 2 is 1.46 bits per heavy atom. The van der Waals surface area contributed by atoms with Crippen molar-refractivity contribution in [2.75, 3.05) is 7.11 Å². The molecule has 0 unspecified atom stereocenters. The van der Waals surface area contributed by atoms with Crippen LogP contribution in [-0.4, -0.2) is 7.11 Å². The van der Waals surface area contributed by atoms with Gasteiger partial charge in [-0.05, 0) is 47.9 Å². The van der Waals surface area contributed by atoms with Crippen LogP contribution in [0.3, 0.4) is 0 Å². The molecule has 0 saturated carbocycles. The summed E-state index contributed by atoms with van der Waals surface area (Å²) in [6.45, 7) is 4.30. The van der Waals surface area contributed by atoms with Gasteiger partial charge in [0.2, 0.25) is 0 Å². The first-order valence-corrected chi connectivity index (χ1v) is 8.84. The Bertz CT molecular complexity index is 828. The van der Waals surface area contributed by atoms with Crippen molar-refractivity contribution in [1.29, 1.82) is 0 Å². The molecule has 0 aliphatic rings. The van der Waals surface area contributed by atoms with Crippen LogP contribution in [0.25, 0.3) is 0 Å². The first kappa shape index (κ1) is 18.0.